The summed E-state index contributed by atoms with van der Waals surface area (Å²) in [5.41, 5.74) is 6.68. The summed E-state index contributed by atoms with van der Waals surface area (Å²) in [6.07, 6.45) is 4.00. The van der Waals surface area contributed by atoms with Gasteiger partial charge in [-0.15, -0.1) is 0 Å². The molecule has 28 heavy (non-hydrogen) atoms. The van der Waals surface area contributed by atoms with Crippen molar-refractivity contribution >= 4 is 22.6 Å². The monoisotopic (exact) mass is 378 g/mol. The quantitative estimate of drug-likeness (QED) is 0.758. The van der Waals surface area contributed by atoms with Crippen LogP contribution in [0, 0.1) is 13.8 Å². The van der Waals surface area contributed by atoms with E-state index in [2.05, 4.69) is 23.0 Å². The van der Waals surface area contributed by atoms with Crippen molar-refractivity contribution < 1.29 is 14.3 Å². The molecule has 0 bridgehead atoms. The Hall–Kier alpha value is -2.77. The highest BCUT2D eigenvalue weighted by Crippen LogP contribution is 2.36. The predicted octanol–water partition coefficient (Wildman–Crippen LogP) is 2.55. The van der Waals surface area contributed by atoms with Gasteiger partial charge >= 0.3 is 0 Å². The second-order valence-corrected chi connectivity index (χ2v) is 7.37. The Bertz CT molecular complexity index is 1070. The Balaban J connectivity index is 1.56. The summed E-state index contributed by atoms with van der Waals surface area (Å²) in [6, 6.07) is 4.11. The van der Waals surface area contributed by atoms with E-state index in [1.807, 2.05) is 25.4 Å². The van der Waals surface area contributed by atoms with E-state index in [-0.39, 0.29) is 12.0 Å². The Morgan fingerprint density at radius 1 is 1.29 bits per heavy atom. The molecule has 1 saturated heterocycles. The number of fused-ring (bicyclic) bond motifs is 2. The van der Waals surface area contributed by atoms with Crippen LogP contribution in [0.5, 0.6) is 0 Å². The van der Waals surface area contributed by atoms with E-state index >= 15 is 0 Å². The zero-order chi connectivity index (χ0) is 19.3. The van der Waals surface area contributed by atoms with Gasteiger partial charge in [0.15, 0.2) is 0 Å². The molecule has 7 heteroatoms. The summed E-state index contributed by atoms with van der Waals surface area (Å²) in [7, 11) is 0. The van der Waals surface area contributed by atoms with Gasteiger partial charge in [0, 0.05) is 34.6 Å². The standard InChI is InChI=1S/C21H22N4O3/c1-12-15-3-4-22-21(15)23-9-17(12)16-7-19-18(24-13(16)2)8-20(26)25(19)10-14-11-27-5-6-28-14/h3-4,7,9,14H,5-6,8,10-11H2,1-2H3,(H,22,23)/t14-/m0/s1. The molecule has 1 atom stereocenters. The highest BCUT2D eigenvalue weighted by atomic mass is 16.6. The maximum atomic E-state index is 12.6. The second-order valence-electron chi connectivity index (χ2n) is 7.37. The van der Waals surface area contributed by atoms with E-state index in [9.17, 15) is 4.79 Å². The molecule has 0 spiro atoms. The van der Waals surface area contributed by atoms with Crippen molar-refractivity contribution in [1.29, 1.82) is 0 Å². The van der Waals surface area contributed by atoms with Gasteiger partial charge in [0.1, 0.15) is 5.65 Å². The van der Waals surface area contributed by atoms with Crippen molar-refractivity contribution in [3.63, 3.8) is 0 Å². The molecule has 0 saturated carbocycles. The van der Waals surface area contributed by atoms with E-state index in [1.165, 1.54) is 0 Å². The van der Waals surface area contributed by atoms with Gasteiger partial charge in [0.2, 0.25) is 5.91 Å². The van der Waals surface area contributed by atoms with Crippen LogP contribution < -0.4 is 4.90 Å². The second kappa shape index (κ2) is 6.68. The van der Waals surface area contributed by atoms with E-state index in [0.717, 1.165) is 44.8 Å². The van der Waals surface area contributed by atoms with Gasteiger partial charge < -0.3 is 19.4 Å². The molecule has 144 valence electrons. The Morgan fingerprint density at radius 3 is 3.00 bits per heavy atom. The summed E-state index contributed by atoms with van der Waals surface area (Å²) in [6.45, 7) is 6.26. The lowest BCUT2D eigenvalue weighted by molar-refractivity contribution is -0.119. The number of carbonyl (C=O) groups excluding carboxylic acids is 1. The summed E-state index contributed by atoms with van der Waals surface area (Å²) in [5.74, 6) is 0.0594. The van der Waals surface area contributed by atoms with Crippen molar-refractivity contribution in [2.24, 2.45) is 0 Å². The molecule has 0 aliphatic carbocycles. The molecule has 1 amide bonds. The number of aromatic amines is 1. The minimum absolute atomic E-state index is 0.0594. The van der Waals surface area contributed by atoms with E-state index in [1.54, 1.807) is 4.90 Å². The van der Waals surface area contributed by atoms with Crippen LogP contribution in [0.15, 0.2) is 24.5 Å². The van der Waals surface area contributed by atoms with Crippen LogP contribution in [-0.2, 0) is 20.7 Å². The number of carbonyl (C=O) groups is 1. The molecule has 3 aromatic heterocycles. The van der Waals surface area contributed by atoms with Crippen LogP contribution in [0.3, 0.4) is 0 Å². The summed E-state index contributed by atoms with van der Waals surface area (Å²) in [4.78, 5) is 26.9. The Labute approximate surface area is 162 Å². The number of ether oxygens (including phenoxy) is 2. The molecule has 0 aromatic carbocycles. The third kappa shape index (κ3) is 2.78. The molecule has 5 rings (SSSR count). The van der Waals surface area contributed by atoms with E-state index < -0.39 is 0 Å². The molecule has 0 radical (unpaired) electrons. The fraction of sp³-hybridized carbons (Fsp3) is 0.381. The van der Waals surface area contributed by atoms with Crippen LogP contribution in [0.4, 0.5) is 5.69 Å². The molecule has 2 aliphatic heterocycles. The third-order valence-electron chi connectivity index (χ3n) is 5.60. The lowest BCUT2D eigenvalue weighted by Gasteiger charge is -2.28. The molecule has 5 heterocycles. The molecular weight excluding hydrogens is 356 g/mol. The summed E-state index contributed by atoms with van der Waals surface area (Å²) < 4.78 is 11.2. The molecule has 3 aromatic rings. The van der Waals surface area contributed by atoms with E-state index in [0.29, 0.717) is 32.8 Å². The first-order valence-electron chi connectivity index (χ1n) is 9.55. The number of H-pyrrole nitrogens is 1. The number of aromatic nitrogens is 3. The first-order chi connectivity index (χ1) is 13.6. The highest BCUT2D eigenvalue weighted by Gasteiger charge is 2.32. The van der Waals surface area contributed by atoms with Crippen molar-refractivity contribution in [3.05, 3.63) is 41.5 Å². The van der Waals surface area contributed by atoms with Crippen molar-refractivity contribution in [2.75, 3.05) is 31.3 Å². The molecular formula is C21H22N4O3. The largest absolute Gasteiger partial charge is 0.376 e. The fourth-order valence-corrected chi connectivity index (χ4v) is 4.11. The molecule has 0 unspecified atom stereocenters. The number of nitrogens with one attached hydrogen (secondary N) is 1. The van der Waals surface area contributed by atoms with Crippen molar-refractivity contribution in [2.45, 2.75) is 26.4 Å². The van der Waals surface area contributed by atoms with Crippen LogP contribution in [0.1, 0.15) is 17.0 Å². The number of aryl methyl sites for hydroxylation is 2. The molecule has 1 N–H and O–H groups in total. The zero-order valence-corrected chi connectivity index (χ0v) is 16.0. The Kier molecular flexibility index (Phi) is 4.14. The summed E-state index contributed by atoms with van der Waals surface area (Å²) >= 11 is 0. The van der Waals surface area contributed by atoms with Gasteiger partial charge in [-0.1, -0.05) is 0 Å². The number of anilines is 1. The fourth-order valence-electron chi connectivity index (χ4n) is 4.11. The topological polar surface area (TPSA) is 80.3 Å². The zero-order valence-electron chi connectivity index (χ0n) is 16.0. The van der Waals surface area contributed by atoms with Crippen molar-refractivity contribution in [3.8, 4) is 11.1 Å². The number of amides is 1. The summed E-state index contributed by atoms with van der Waals surface area (Å²) in [5, 5.41) is 1.10. The van der Waals surface area contributed by atoms with Crippen molar-refractivity contribution in [1.82, 2.24) is 15.0 Å². The van der Waals surface area contributed by atoms with Gasteiger partial charge in [-0.25, -0.2) is 4.98 Å². The van der Waals surface area contributed by atoms with Crippen LogP contribution in [0.2, 0.25) is 0 Å². The van der Waals surface area contributed by atoms with Gasteiger partial charge in [0.05, 0.1) is 50.3 Å². The van der Waals surface area contributed by atoms with Crippen LogP contribution >= 0.6 is 0 Å². The van der Waals surface area contributed by atoms with Gasteiger partial charge in [-0.05, 0) is 31.5 Å². The average molecular weight is 378 g/mol. The normalized spacial score (nSPS) is 19.4. The minimum Gasteiger partial charge on any atom is -0.376 e. The average Bonchev–Trinajstić information content (AvgIpc) is 3.28. The van der Waals surface area contributed by atoms with Crippen LogP contribution in [0.25, 0.3) is 22.2 Å². The number of rotatable bonds is 3. The highest BCUT2D eigenvalue weighted by molar-refractivity contribution is 6.02. The van der Waals surface area contributed by atoms with Crippen LogP contribution in [-0.4, -0.2) is 53.3 Å². The van der Waals surface area contributed by atoms with Gasteiger partial charge in [-0.2, -0.15) is 0 Å². The Morgan fingerprint density at radius 2 is 2.18 bits per heavy atom. The maximum absolute atomic E-state index is 12.6. The third-order valence-corrected chi connectivity index (χ3v) is 5.60. The number of hydrogen-bond donors (Lipinski definition) is 1. The smallest absolute Gasteiger partial charge is 0.233 e. The minimum atomic E-state index is -0.104. The SMILES string of the molecule is Cc1nc2c(cc1-c1cnc3[nH]ccc3c1C)N(C[C@H]1COCCO1)C(=O)C2. The van der Waals surface area contributed by atoms with Gasteiger partial charge in [-0.3, -0.25) is 9.78 Å². The first-order valence-corrected chi connectivity index (χ1v) is 9.55. The number of nitrogens with zero attached hydrogens (tertiary/aromatic N) is 3. The number of pyridine rings is 2. The van der Waals surface area contributed by atoms with Gasteiger partial charge in [0.25, 0.3) is 0 Å². The molecule has 1 fully saturated rings. The molecule has 2 aliphatic rings. The first kappa shape index (κ1) is 17.3. The predicted molar refractivity (Wildman–Crippen MR) is 105 cm³/mol. The lowest BCUT2D eigenvalue weighted by Crippen LogP contribution is -2.41. The molecule has 7 nitrogen and oxygen atoms in total. The lowest BCUT2D eigenvalue weighted by atomic mass is 9.98. The number of hydrogen-bond acceptors (Lipinski definition) is 5. The van der Waals surface area contributed by atoms with E-state index in [4.69, 9.17) is 14.5 Å². The maximum Gasteiger partial charge on any atom is 0.233 e.